The number of carboxylic acids is 1. The fourth-order valence-corrected chi connectivity index (χ4v) is 1.90. The summed E-state index contributed by atoms with van der Waals surface area (Å²) in [5.74, 6) is -1.45. The van der Waals surface area contributed by atoms with E-state index in [0.29, 0.717) is 19.4 Å². The zero-order chi connectivity index (χ0) is 13.9. The average Bonchev–Trinajstić information content (AvgIpc) is 2.37. The predicted molar refractivity (Wildman–Crippen MR) is 66.1 cm³/mol. The number of ether oxygens (including phenoxy) is 1. The molecule has 2 atom stereocenters. The van der Waals surface area contributed by atoms with Crippen molar-refractivity contribution in [2.45, 2.75) is 45.3 Å². The van der Waals surface area contributed by atoms with Gasteiger partial charge in [-0.25, -0.2) is 4.79 Å². The van der Waals surface area contributed by atoms with E-state index in [1.54, 1.807) is 20.8 Å². The largest absolute Gasteiger partial charge is 0.481 e. The third-order valence-corrected chi connectivity index (χ3v) is 2.78. The highest BCUT2D eigenvalue weighted by atomic mass is 16.6. The molecule has 0 aliphatic carbocycles. The van der Waals surface area contributed by atoms with E-state index in [9.17, 15) is 9.59 Å². The van der Waals surface area contributed by atoms with E-state index in [1.165, 1.54) is 4.90 Å². The van der Waals surface area contributed by atoms with Crippen molar-refractivity contribution < 1.29 is 19.4 Å². The zero-order valence-corrected chi connectivity index (χ0v) is 11.2. The molecule has 0 bridgehead atoms. The minimum absolute atomic E-state index is 0.165. The van der Waals surface area contributed by atoms with Crippen LogP contribution in [0.3, 0.4) is 0 Å². The maximum atomic E-state index is 11.9. The molecule has 0 saturated carbocycles. The molecule has 0 spiro atoms. The Morgan fingerprint density at radius 2 is 1.89 bits per heavy atom. The van der Waals surface area contributed by atoms with Crippen molar-refractivity contribution in [3.63, 3.8) is 0 Å². The third kappa shape index (κ3) is 4.52. The van der Waals surface area contributed by atoms with Crippen LogP contribution in [0.25, 0.3) is 0 Å². The van der Waals surface area contributed by atoms with Gasteiger partial charge in [0.25, 0.3) is 0 Å². The first-order chi connectivity index (χ1) is 8.19. The minimum atomic E-state index is -0.891. The molecule has 1 aliphatic heterocycles. The molecule has 18 heavy (non-hydrogen) atoms. The van der Waals surface area contributed by atoms with Gasteiger partial charge >= 0.3 is 12.1 Å². The fourth-order valence-electron chi connectivity index (χ4n) is 1.90. The summed E-state index contributed by atoms with van der Waals surface area (Å²) in [4.78, 5) is 24.4. The lowest BCUT2D eigenvalue weighted by molar-refractivity contribution is -0.142. The molecular formula is C12H22N2O4. The first kappa shape index (κ1) is 14.8. The lowest BCUT2D eigenvalue weighted by Gasteiger charge is -2.28. The van der Waals surface area contributed by atoms with Crippen LogP contribution in [-0.4, -0.2) is 46.8 Å². The van der Waals surface area contributed by atoms with Crippen LogP contribution in [0.15, 0.2) is 0 Å². The molecule has 0 aromatic heterocycles. The molecule has 104 valence electrons. The van der Waals surface area contributed by atoms with E-state index in [-0.39, 0.29) is 12.6 Å². The Kier molecular flexibility index (Phi) is 4.56. The fraction of sp³-hybridized carbons (Fsp3) is 0.833. The van der Waals surface area contributed by atoms with Gasteiger partial charge in [-0.2, -0.15) is 0 Å². The zero-order valence-electron chi connectivity index (χ0n) is 11.2. The van der Waals surface area contributed by atoms with Crippen LogP contribution >= 0.6 is 0 Å². The number of aliphatic carboxylic acids is 1. The van der Waals surface area contributed by atoms with Gasteiger partial charge in [0.2, 0.25) is 0 Å². The molecule has 1 fully saturated rings. The normalized spacial score (nSPS) is 25.4. The SMILES string of the molecule is CC(C)(C)OC(=O)N1C[C@H](N)CC[C@@H](C(=O)O)C1. The Bertz CT molecular complexity index is 325. The monoisotopic (exact) mass is 258 g/mol. The summed E-state index contributed by atoms with van der Waals surface area (Å²) in [5.41, 5.74) is 5.26. The van der Waals surface area contributed by atoms with Crippen LogP contribution in [0.2, 0.25) is 0 Å². The van der Waals surface area contributed by atoms with E-state index in [0.717, 1.165) is 0 Å². The van der Waals surface area contributed by atoms with Gasteiger partial charge in [0.05, 0.1) is 5.92 Å². The first-order valence-electron chi connectivity index (χ1n) is 6.15. The van der Waals surface area contributed by atoms with E-state index in [2.05, 4.69) is 0 Å². The molecule has 1 aliphatic rings. The summed E-state index contributed by atoms with van der Waals surface area (Å²) in [6.07, 6.45) is 0.609. The van der Waals surface area contributed by atoms with Crippen molar-refractivity contribution in [2.75, 3.05) is 13.1 Å². The van der Waals surface area contributed by atoms with Gasteiger partial charge in [-0.05, 0) is 33.6 Å². The van der Waals surface area contributed by atoms with Crippen LogP contribution < -0.4 is 5.73 Å². The first-order valence-corrected chi connectivity index (χ1v) is 6.15. The highest BCUT2D eigenvalue weighted by Gasteiger charge is 2.31. The summed E-state index contributed by atoms with van der Waals surface area (Å²) < 4.78 is 5.25. The molecular weight excluding hydrogens is 236 g/mol. The Hall–Kier alpha value is -1.30. The second-order valence-corrected chi connectivity index (χ2v) is 5.76. The predicted octanol–water partition coefficient (Wildman–Crippen LogP) is 1.05. The van der Waals surface area contributed by atoms with Crippen LogP contribution in [0.5, 0.6) is 0 Å². The molecule has 0 aromatic rings. The number of nitrogens with two attached hydrogens (primary N) is 1. The lowest BCUT2D eigenvalue weighted by atomic mass is 10.0. The average molecular weight is 258 g/mol. The summed E-state index contributed by atoms with van der Waals surface area (Å²) in [6.45, 7) is 5.84. The highest BCUT2D eigenvalue weighted by Crippen LogP contribution is 2.18. The number of hydrogen-bond donors (Lipinski definition) is 2. The van der Waals surface area contributed by atoms with Crippen LogP contribution in [-0.2, 0) is 9.53 Å². The summed E-state index contributed by atoms with van der Waals surface area (Å²) >= 11 is 0. The Labute approximate surface area is 107 Å². The minimum Gasteiger partial charge on any atom is -0.481 e. The molecule has 6 nitrogen and oxygen atoms in total. The molecule has 0 aromatic carbocycles. The van der Waals surface area contributed by atoms with E-state index < -0.39 is 23.6 Å². The summed E-state index contributed by atoms with van der Waals surface area (Å²) in [5, 5.41) is 9.06. The molecule has 0 unspecified atom stereocenters. The second kappa shape index (κ2) is 5.56. The van der Waals surface area contributed by atoms with Crippen molar-refractivity contribution >= 4 is 12.1 Å². The number of carbonyl (C=O) groups excluding carboxylic acids is 1. The van der Waals surface area contributed by atoms with Gasteiger partial charge < -0.3 is 20.5 Å². The quantitative estimate of drug-likeness (QED) is 0.733. The van der Waals surface area contributed by atoms with Crippen molar-refractivity contribution in [1.82, 2.24) is 4.90 Å². The van der Waals surface area contributed by atoms with Gasteiger partial charge in [-0.3, -0.25) is 4.79 Å². The second-order valence-electron chi connectivity index (χ2n) is 5.76. The van der Waals surface area contributed by atoms with Gasteiger partial charge in [-0.15, -0.1) is 0 Å². The summed E-state index contributed by atoms with van der Waals surface area (Å²) in [7, 11) is 0. The maximum Gasteiger partial charge on any atom is 0.410 e. The number of rotatable bonds is 1. The Morgan fingerprint density at radius 1 is 1.28 bits per heavy atom. The standard InChI is InChI=1S/C12H22N2O4/c1-12(2,3)18-11(17)14-6-8(10(15)16)4-5-9(13)7-14/h8-9H,4-7,13H2,1-3H3,(H,15,16)/t8-,9-/m1/s1. The molecule has 1 saturated heterocycles. The Balaban J connectivity index is 2.72. The number of amides is 1. The maximum absolute atomic E-state index is 11.9. The van der Waals surface area contributed by atoms with Gasteiger partial charge in [0.1, 0.15) is 5.60 Å². The van der Waals surface area contributed by atoms with E-state index >= 15 is 0 Å². The summed E-state index contributed by atoms with van der Waals surface area (Å²) in [6, 6.07) is -0.193. The van der Waals surface area contributed by atoms with Crippen molar-refractivity contribution in [3.05, 3.63) is 0 Å². The van der Waals surface area contributed by atoms with Gasteiger partial charge in [0.15, 0.2) is 0 Å². The van der Waals surface area contributed by atoms with Crippen LogP contribution in [0, 0.1) is 5.92 Å². The molecule has 6 heteroatoms. The van der Waals surface area contributed by atoms with Gasteiger partial charge in [-0.1, -0.05) is 0 Å². The number of carbonyl (C=O) groups is 2. The molecule has 0 radical (unpaired) electrons. The van der Waals surface area contributed by atoms with E-state index in [1.807, 2.05) is 0 Å². The van der Waals surface area contributed by atoms with Gasteiger partial charge in [0, 0.05) is 19.1 Å². The molecule has 1 heterocycles. The lowest BCUT2D eigenvalue weighted by Crippen LogP contribution is -2.44. The number of hydrogen-bond acceptors (Lipinski definition) is 4. The van der Waals surface area contributed by atoms with Crippen molar-refractivity contribution in [1.29, 1.82) is 0 Å². The third-order valence-electron chi connectivity index (χ3n) is 2.78. The molecule has 1 amide bonds. The molecule has 1 rings (SSSR count). The Morgan fingerprint density at radius 3 is 2.39 bits per heavy atom. The number of carboxylic acid groups (broad SMARTS) is 1. The number of nitrogens with zero attached hydrogens (tertiary/aromatic N) is 1. The van der Waals surface area contributed by atoms with Crippen molar-refractivity contribution in [3.8, 4) is 0 Å². The topological polar surface area (TPSA) is 92.9 Å². The van der Waals surface area contributed by atoms with Crippen LogP contribution in [0.1, 0.15) is 33.6 Å². The molecule has 3 N–H and O–H groups in total. The van der Waals surface area contributed by atoms with Crippen molar-refractivity contribution in [2.24, 2.45) is 11.7 Å². The van der Waals surface area contributed by atoms with Crippen LogP contribution in [0.4, 0.5) is 4.79 Å². The smallest absolute Gasteiger partial charge is 0.410 e. The number of likely N-dealkylation sites (tertiary alicyclic amines) is 1. The van der Waals surface area contributed by atoms with E-state index in [4.69, 9.17) is 15.6 Å². The highest BCUT2D eigenvalue weighted by molar-refractivity contribution is 5.73.